The van der Waals surface area contributed by atoms with Crippen LogP contribution in [0.4, 0.5) is 0 Å². The summed E-state index contributed by atoms with van der Waals surface area (Å²) in [6.07, 6.45) is 1.15. The summed E-state index contributed by atoms with van der Waals surface area (Å²) in [4.78, 5) is 23.8. The average Bonchev–Trinajstić information content (AvgIpc) is 2.25. The van der Waals surface area contributed by atoms with Gasteiger partial charge in [0.2, 0.25) is 5.91 Å². The fraction of sp³-hybridized carbons (Fsp3) is 0.818. The Labute approximate surface area is 96.8 Å². The van der Waals surface area contributed by atoms with Crippen LogP contribution in [0.1, 0.15) is 33.6 Å². The maximum atomic E-state index is 11.6. The lowest BCUT2D eigenvalue weighted by atomic mass is 10.2. The molecule has 5 nitrogen and oxygen atoms in total. The molecular weight excluding hydrogens is 208 g/mol. The molecule has 2 N–H and O–H groups in total. The average molecular weight is 230 g/mol. The Bertz CT molecular complexity index is 227. The fourth-order valence-corrected chi connectivity index (χ4v) is 1.38. The molecule has 0 saturated carbocycles. The van der Waals surface area contributed by atoms with Gasteiger partial charge in [-0.3, -0.25) is 9.59 Å². The van der Waals surface area contributed by atoms with E-state index in [0.29, 0.717) is 19.4 Å². The molecular formula is C11H22N2O3. The highest BCUT2D eigenvalue weighted by Gasteiger charge is 2.11. The second-order valence-electron chi connectivity index (χ2n) is 3.68. The molecule has 0 aromatic rings. The number of carbonyl (C=O) groups excluding carboxylic acids is 1. The maximum Gasteiger partial charge on any atom is 0.320 e. The number of carboxylic acids is 1. The highest BCUT2D eigenvalue weighted by molar-refractivity contribution is 5.76. The first kappa shape index (κ1) is 14.9. The number of nitrogens with zero attached hydrogens (tertiary/aromatic N) is 1. The zero-order chi connectivity index (χ0) is 12.6. The van der Waals surface area contributed by atoms with Crippen molar-refractivity contribution in [1.82, 2.24) is 10.2 Å². The molecule has 1 amide bonds. The molecule has 0 rings (SSSR count). The van der Waals surface area contributed by atoms with Gasteiger partial charge in [0.15, 0.2) is 0 Å². The molecule has 16 heavy (non-hydrogen) atoms. The Kier molecular flexibility index (Phi) is 7.54. The first-order valence-corrected chi connectivity index (χ1v) is 5.76. The van der Waals surface area contributed by atoms with Gasteiger partial charge in [-0.15, -0.1) is 0 Å². The Balaban J connectivity index is 3.66. The largest absolute Gasteiger partial charge is 0.480 e. The number of carbonyl (C=O) groups is 2. The van der Waals surface area contributed by atoms with Crippen molar-refractivity contribution in [3.05, 3.63) is 0 Å². The first-order chi connectivity index (χ1) is 7.52. The predicted octanol–water partition coefficient (Wildman–Crippen LogP) is 0.698. The van der Waals surface area contributed by atoms with Gasteiger partial charge in [-0.1, -0.05) is 0 Å². The number of carboxylic acid groups (broad SMARTS) is 1. The van der Waals surface area contributed by atoms with Crippen molar-refractivity contribution in [1.29, 1.82) is 0 Å². The highest BCUT2D eigenvalue weighted by atomic mass is 16.4. The van der Waals surface area contributed by atoms with Gasteiger partial charge in [0, 0.05) is 19.5 Å². The van der Waals surface area contributed by atoms with Gasteiger partial charge >= 0.3 is 5.97 Å². The molecule has 0 fully saturated rings. The van der Waals surface area contributed by atoms with Gasteiger partial charge in [0.25, 0.3) is 0 Å². The zero-order valence-corrected chi connectivity index (χ0v) is 10.3. The molecule has 0 radical (unpaired) electrons. The van der Waals surface area contributed by atoms with E-state index in [1.807, 2.05) is 13.8 Å². The zero-order valence-electron chi connectivity index (χ0n) is 10.3. The molecule has 1 atom stereocenters. The molecule has 0 aliphatic heterocycles. The van der Waals surface area contributed by atoms with Crippen molar-refractivity contribution in [2.75, 3.05) is 19.6 Å². The van der Waals surface area contributed by atoms with Crippen LogP contribution in [0.5, 0.6) is 0 Å². The minimum atomic E-state index is -0.866. The van der Waals surface area contributed by atoms with E-state index in [9.17, 15) is 9.59 Å². The monoisotopic (exact) mass is 230 g/mol. The highest BCUT2D eigenvalue weighted by Crippen LogP contribution is 1.97. The van der Waals surface area contributed by atoms with Crippen LogP contribution in [0.2, 0.25) is 0 Å². The van der Waals surface area contributed by atoms with Crippen LogP contribution in [0, 0.1) is 0 Å². The number of amides is 1. The maximum absolute atomic E-state index is 11.6. The van der Waals surface area contributed by atoms with Gasteiger partial charge in [-0.2, -0.15) is 0 Å². The van der Waals surface area contributed by atoms with E-state index in [2.05, 4.69) is 5.32 Å². The van der Waals surface area contributed by atoms with Crippen molar-refractivity contribution >= 4 is 11.9 Å². The fourth-order valence-electron chi connectivity index (χ4n) is 1.38. The van der Waals surface area contributed by atoms with Gasteiger partial charge in [0.05, 0.1) is 0 Å². The van der Waals surface area contributed by atoms with Crippen molar-refractivity contribution < 1.29 is 14.7 Å². The second kappa shape index (κ2) is 8.10. The van der Waals surface area contributed by atoms with Gasteiger partial charge in [0.1, 0.15) is 6.04 Å². The molecule has 0 saturated heterocycles. The third-order valence-electron chi connectivity index (χ3n) is 2.50. The third kappa shape index (κ3) is 5.70. The molecule has 0 heterocycles. The Morgan fingerprint density at radius 3 is 2.31 bits per heavy atom. The van der Waals surface area contributed by atoms with Crippen LogP contribution in [-0.4, -0.2) is 47.6 Å². The van der Waals surface area contributed by atoms with Crippen LogP contribution in [0.25, 0.3) is 0 Å². The van der Waals surface area contributed by atoms with Crippen LogP contribution in [-0.2, 0) is 9.59 Å². The van der Waals surface area contributed by atoms with E-state index in [1.165, 1.54) is 0 Å². The minimum absolute atomic E-state index is 0.134. The normalized spacial score (nSPS) is 12.2. The summed E-state index contributed by atoms with van der Waals surface area (Å²) in [6.45, 7) is 7.51. The van der Waals surface area contributed by atoms with Crippen molar-refractivity contribution in [2.24, 2.45) is 0 Å². The topological polar surface area (TPSA) is 69.6 Å². The number of rotatable bonds is 8. The van der Waals surface area contributed by atoms with E-state index in [1.54, 1.807) is 11.8 Å². The molecule has 0 aromatic carbocycles. The lowest BCUT2D eigenvalue weighted by Gasteiger charge is -2.18. The van der Waals surface area contributed by atoms with Crippen LogP contribution in [0.15, 0.2) is 0 Å². The molecule has 0 spiro atoms. The van der Waals surface area contributed by atoms with Crippen molar-refractivity contribution in [3.63, 3.8) is 0 Å². The molecule has 0 aromatic heterocycles. The number of hydrogen-bond donors (Lipinski definition) is 2. The van der Waals surface area contributed by atoms with Crippen LogP contribution < -0.4 is 5.32 Å². The van der Waals surface area contributed by atoms with Crippen LogP contribution in [0.3, 0.4) is 0 Å². The molecule has 0 unspecified atom stereocenters. The van der Waals surface area contributed by atoms with Crippen molar-refractivity contribution in [3.8, 4) is 0 Å². The minimum Gasteiger partial charge on any atom is -0.480 e. The third-order valence-corrected chi connectivity index (χ3v) is 2.50. The first-order valence-electron chi connectivity index (χ1n) is 5.76. The van der Waals surface area contributed by atoms with E-state index in [4.69, 9.17) is 5.11 Å². The lowest BCUT2D eigenvalue weighted by molar-refractivity contribution is -0.138. The van der Waals surface area contributed by atoms with E-state index in [0.717, 1.165) is 13.1 Å². The van der Waals surface area contributed by atoms with Gasteiger partial charge < -0.3 is 15.3 Å². The standard InChI is InChI=1S/C11H22N2O3/c1-4-13(5-2)10(14)7-6-8-12-9(3)11(15)16/h9,12H,4-8H2,1-3H3,(H,15,16)/t9-/m1/s1. The van der Waals surface area contributed by atoms with E-state index >= 15 is 0 Å². The smallest absolute Gasteiger partial charge is 0.320 e. The van der Waals surface area contributed by atoms with Gasteiger partial charge in [-0.25, -0.2) is 0 Å². The molecule has 94 valence electrons. The van der Waals surface area contributed by atoms with E-state index < -0.39 is 12.0 Å². The van der Waals surface area contributed by atoms with Crippen LogP contribution >= 0.6 is 0 Å². The summed E-state index contributed by atoms with van der Waals surface area (Å²) < 4.78 is 0. The van der Waals surface area contributed by atoms with E-state index in [-0.39, 0.29) is 5.91 Å². The molecule has 5 heteroatoms. The number of aliphatic carboxylic acids is 1. The molecule has 0 aliphatic carbocycles. The summed E-state index contributed by atoms with van der Waals surface area (Å²) in [6, 6.07) is -0.552. The predicted molar refractivity (Wildman–Crippen MR) is 62.3 cm³/mol. The Morgan fingerprint density at radius 2 is 1.88 bits per heavy atom. The van der Waals surface area contributed by atoms with Gasteiger partial charge in [-0.05, 0) is 33.7 Å². The SMILES string of the molecule is CCN(CC)C(=O)CCCN[C@H](C)C(=O)O. The summed E-state index contributed by atoms with van der Waals surface area (Å²) in [7, 11) is 0. The number of hydrogen-bond acceptors (Lipinski definition) is 3. The lowest BCUT2D eigenvalue weighted by Crippen LogP contribution is -2.35. The molecule has 0 bridgehead atoms. The summed E-state index contributed by atoms with van der Waals surface area (Å²) in [5.41, 5.74) is 0. The van der Waals surface area contributed by atoms with Crippen molar-refractivity contribution in [2.45, 2.75) is 39.7 Å². The second-order valence-corrected chi connectivity index (χ2v) is 3.68. The number of nitrogens with one attached hydrogen (secondary N) is 1. The summed E-state index contributed by atoms with van der Waals surface area (Å²) >= 11 is 0. The summed E-state index contributed by atoms with van der Waals surface area (Å²) in [5.74, 6) is -0.732. The molecule has 0 aliphatic rings. The Morgan fingerprint density at radius 1 is 1.31 bits per heavy atom. The summed E-state index contributed by atoms with van der Waals surface area (Å²) in [5, 5.41) is 11.5. The quantitative estimate of drug-likeness (QED) is 0.602. The Hall–Kier alpha value is -1.10.